The van der Waals surface area contributed by atoms with Gasteiger partial charge in [-0.3, -0.25) is 0 Å². The summed E-state index contributed by atoms with van der Waals surface area (Å²) in [5.74, 6) is -2.73. The fraction of sp³-hybridized carbons (Fsp3) is 0.300. The summed E-state index contributed by atoms with van der Waals surface area (Å²) < 4.78 is 36.8. The minimum absolute atomic E-state index is 0.0203. The Morgan fingerprint density at radius 2 is 1.73 bits per heavy atom. The maximum atomic E-state index is 12.3. The second-order valence-electron chi connectivity index (χ2n) is 3.19. The fourth-order valence-electron chi connectivity index (χ4n) is 1.10. The maximum absolute atomic E-state index is 12.3. The Balaban J connectivity index is 2.94. The molecule has 82 valence electrons. The van der Waals surface area contributed by atoms with Crippen molar-refractivity contribution in [3.8, 4) is 0 Å². The van der Waals surface area contributed by atoms with Crippen LogP contribution in [0, 0.1) is 0 Å². The summed E-state index contributed by atoms with van der Waals surface area (Å²) in [6.45, 7) is 1.04. The molecule has 15 heavy (non-hydrogen) atoms. The van der Waals surface area contributed by atoms with Crippen LogP contribution in [0.2, 0.25) is 0 Å². The number of carboxylic acids is 1. The van der Waals surface area contributed by atoms with Crippen LogP contribution >= 0.6 is 0 Å². The molecule has 0 heterocycles. The number of aromatic carboxylic acids is 1. The van der Waals surface area contributed by atoms with Gasteiger partial charge in [-0.05, 0) is 24.6 Å². The molecule has 0 unspecified atom stereocenters. The normalized spacial score (nSPS) is 13.6. The Labute approximate surface area is 84.3 Å². The molecule has 1 rings (SSSR count). The van der Waals surface area contributed by atoms with Crippen molar-refractivity contribution in [2.24, 2.45) is 0 Å². The van der Waals surface area contributed by atoms with Gasteiger partial charge < -0.3 is 5.11 Å². The van der Waals surface area contributed by atoms with Crippen molar-refractivity contribution < 1.29 is 23.1 Å². The summed E-state index contributed by atoms with van der Waals surface area (Å²) in [5.41, 5.74) is 0.0422. The molecule has 0 aliphatic carbocycles. The third-order valence-electron chi connectivity index (χ3n) is 2.15. The van der Waals surface area contributed by atoms with Crippen LogP contribution in [0.25, 0.3) is 0 Å². The van der Waals surface area contributed by atoms with Crippen molar-refractivity contribution in [3.63, 3.8) is 0 Å². The molecule has 5 heteroatoms. The van der Waals surface area contributed by atoms with E-state index in [1.54, 1.807) is 0 Å². The predicted molar refractivity (Wildman–Crippen MR) is 47.9 cm³/mol. The largest absolute Gasteiger partial charge is 0.478 e. The minimum atomic E-state index is -4.30. The molecular weight excluding hydrogens is 209 g/mol. The molecule has 1 atom stereocenters. The first-order valence-electron chi connectivity index (χ1n) is 4.22. The fourth-order valence-corrected chi connectivity index (χ4v) is 1.10. The molecular formula is C10H9F3O2. The number of carboxylic acid groups (broad SMARTS) is 1. The van der Waals surface area contributed by atoms with E-state index in [0.717, 1.165) is 6.92 Å². The molecule has 1 N–H and O–H groups in total. The van der Waals surface area contributed by atoms with Crippen LogP contribution in [0.3, 0.4) is 0 Å². The highest BCUT2D eigenvalue weighted by Crippen LogP contribution is 2.34. The number of benzene rings is 1. The summed E-state index contributed by atoms with van der Waals surface area (Å²) >= 11 is 0. The molecule has 0 aromatic heterocycles. The Hall–Kier alpha value is -1.52. The van der Waals surface area contributed by atoms with Gasteiger partial charge in [0, 0.05) is 0 Å². The van der Waals surface area contributed by atoms with Crippen molar-refractivity contribution in [1.29, 1.82) is 0 Å². The lowest BCUT2D eigenvalue weighted by molar-refractivity contribution is -0.146. The molecule has 0 aliphatic heterocycles. The Morgan fingerprint density at radius 3 is 2.07 bits per heavy atom. The zero-order chi connectivity index (χ0) is 11.6. The van der Waals surface area contributed by atoms with E-state index >= 15 is 0 Å². The number of rotatable bonds is 2. The van der Waals surface area contributed by atoms with Crippen molar-refractivity contribution in [1.82, 2.24) is 0 Å². The summed E-state index contributed by atoms with van der Waals surface area (Å²) in [7, 11) is 0. The van der Waals surface area contributed by atoms with E-state index in [2.05, 4.69) is 0 Å². The molecule has 1 aromatic carbocycles. The average molecular weight is 218 g/mol. The highest BCUT2D eigenvalue weighted by molar-refractivity contribution is 5.87. The lowest BCUT2D eigenvalue weighted by Gasteiger charge is -2.15. The van der Waals surface area contributed by atoms with Crippen LogP contribution < -0.4 is 0 Å². The molecule has 0 saturated carbocycles. The first kappa shape index (κ1) is 11.6. The average Bonchev–Trinajstić information content (AvgIpc) is 2.15. The third kappa shape index (κ3) is 2.71. The molecule has 1 aromatic rings. The van der Waals surface area contributed by atoms with E-state index in [1.807, 2.05) is 0 Å². The summed E-state index contributed by atoms with van der Waals surface area (Å²) in [6.07, 6.45) is -4.30. The topological polar surface area (TPSA) is 37.3 Å². The van der Waals surface area contributed by atoms with Gasteiger partial charge >= 0.3 is 12.1 Å². The molecule has 0 radical (unpaired) electrons. The second-order valence-corrected chi connectivity index (χ2v) is 3.19. The molecule has 0 spiro atoms. The standard InChI is InChI=1S/C10H9F3O2/c1-6(10(11,12)13)7-2-4-8(5-3-7)9(14)15/h2-6H,1H3,(H,14,15)/t6-/m1/s1. The number of carbonyl (C=O) groups is 1. The van der Waals surface area contributed by atoms with Crippen molar-refractivity contribution >= 4 is 5.97 Å². The van der Waals surface area contributed by atoms with Crippen LogP contribution in [-0.4, -0.2) is 17.3 Å². The van der Waals surface area contributed by atoms with E-state index in [9.17, 15) is 18.0 Å². The monoisotopic (exact) mass is 218 g/mol. The number of halogens is 3. The number of hydrogen-bond acceptors (Lipinski definition) is 1. The molecule has 0 amide bonds. The van der Waals surface area contributed by atoms with E-state index in [4.69, 9.17) is 5.11 Å². The van der Waals surface area contributed by atoms with Gasteiger partial charge in [0.2, 0.25) is 0 Å². The number of hydrogen-bond donors (Lipinski definition) is 1. The molecule has 0 fully saturated rings. The van der Waals surface area contributed by atoms with Gasteiger partial charge in [0.25, 0.3) is 0 Å². The van der Waals surface area contributed by atoms with Gasteiger partial charge in [0.05, 0.1) is 11.5 Å². The van der Waals surface area contributed by atoms with E-state index < -0.39 is 18.1 Å². The smallest absolute Gasteiger partial charge is 0.395 e. The lowest BCUT2D eigenvalue weighted by Crippen LogP contribution is -2.17. The van der Waals surface area contributed by atoms with E-state index in [0.29, 0.717) is 0 Å². The van der Waals surface area contributed by atoms with Crippen molar-refractivity contribution in [2.75, 3.05) is 0 Å². The zero-order valence-electron chi connectivity index (χ0n) is 7.88. The molecule has 2 nitrogen and oxygen atoms in total. The predicted octanol–water partition coefficient (Wildman–Crippen LogP) is 3.05. The zero-order valence-corrected chi connectivity index (χ0v) is 7.88. The SMILES string of the molecule is C[C@H](c1ccc(C(=O)O)cc1)C(F)(F)F. The molecule has 0 bridgehead atoms. The van der Waals surface area contributed by atoms with Crippen molar-refractivity contribution in [2.45, 2.75) is 19.0 Å². The van der Waals surface area contributed by atoms with E-state index in [1.165, 1.54) is 24.3 Å². The highest BCUT2D eigenvalue weighted by Gasteiger charge is 2.36. The van der Waals surface area contributed by atoms with Crippen LogP contribution in [-0.2, 0) is 0 Å². The first-order chi connectivity index (χ1) is 6.82. The van der Waals surface area contributed by atoms with Crippen LogP contribution in [0.1, 0.15) is 28.8 Å². The lowest BCUT2D eigenvalue weighted by atomic mass is 9.99. The summed E-state index contributed by atoms with van der Waals surface area (Å²) in [4.78, 5) is 10.5. The van der Waals surface area contributed by atoms with Crippen LogP contribution in [0.5, 0.6) is 0 Å². The first-order valence-corrected chi connectivity index (χ1v) is 4.22. The Kier molecular flexibility index (Phi) is 3.02. The van der Waals surface area contributed by atoms with Crippen LogP contribution in [0.15, 0.2) is 24.3 Å². The summed E-state index contributed by atoms with van der Waals surface area (Å²) in [5, 5.41) is 8.55. The van der Waals surface area contributed by atoms with Gasteiger partial charge in [-0.15, -0.1) is 0 Å². The Morgan fingerprint density at radius 1 is 1.27 bits per heavy atom. The van der Waals surface area contributed by atoms with Gasteiger partial charge in [-0.2, -0.15) is 13.2 Å². The third-order valence-corrected chi connectivity index (χ3v) is 2.15. The molecule has 0 aliphatic rings. The van der Waals surface area contributed by atoms with E-state index in [-0.39, 0.29) is 11.1 Å². The quantitative estimate of drug-likeness (QED) is 0.828. The van der Waals surface area contributed by atoms with Gasteiger partial charge in [-0.1, -0.05) is 12.1 Å². The van der Waals surface area contributed by atoms with Crippen molar-refractivity contribution in [3.05, 3.63) is 35.4 Å². The van der Waals surface area contributed by atoms with Crippen LogP contribution in [0.4, 0.5) is 13.2 Å². The van der Waals surface area contributed by atoms with Gasteiger partial charge in [-0.25, -0.2) is 4.79 Å². The Bertz CT molecular complexity index is 354. The number of alkyl halides is 3. The van der Waals surface area contributed by atoms with Gasteiger partial charge in [0.1, 0.15) is 0 Å². The minimum Gasteiger partial charge on any atom is -0.478 e. The summed E-state index contributed by atoms with van der Waals surface area (Å²) in [6, 6.07) is 4.70. The molecule has 0 saturated heterocycles. The highest BCUT2D eigenvalue weighted by atomic mass is 19.4. The second kappa shape index (κ2) is 3.92. The van der Waals surface area contributed by atoms with Gasteiger partial charge in [0.15, 0.2) is 0 Å². The maximum Gasteiger partial charge on any atom is 0.395 e.